The largest absolute Gasteiger partial charge is 0.351 e. The highest BCUT2D eigenvalue weighted by atomic mass is 32.2. The maximum Gasteiger partial charge on any atom is 0.247 e. The molecule has 2 atom stereocenters. The van der Waals surface area contributed by atoms with Crippen molar-refractivity contribution in [1.29, 1.82) is 0 Å². The van der Waals surface area contributed by atoms with Gasteiger partial charge in [0.05, 0.1) is 5.92 Å². The van der Waals surface area contributed by atoms with Crippen LogP contribution in [0.3, 0.4) is 0 Å². The highest BCUT2D eigenvalue weighted by Crippen LogP contribution is 2.39. The van der Waals surface area contributed by atoms with Gasteiger partial charge in [0, 0.05) is 24.3 Å². The summed E-state index contributed by atoms with van der Waals surface area (Å²) in [5, 5.41) is 7.19. The van der Waals surface area contributed by atoms with Gasteiger partial charge < -0.3 is 10.2 Å². The van der Waals surface area contributed by atoms with Gasteiger partial charge in [0.2, 0.25) is 11.8 Å². The summed E-state index contributed by atoms with van der Waals surface area (Å²) in [7, 11) is 0. The Kier molecular flexibility index (Phi) is 5.36. The number of hydrogen-bond acceptors (Lipinski definition) is 5. The predicted octanol–water partition coefficient (Wildman–Crippen LogP) is 3.12. The summed E-state index contributed by atoms with van der Waals surface area (Å²) in [6.07, 6.45) is 6.53. The van der Waals surface area contributed by atoms with Gasteiger partial charge in [-0.1, -0.05) is 24.6 Å². The van der Waals surface area contributed by atoms with Crippen molar-refractivity contribution in [2.24, 2.45) is 5.92 Å². The van der Waals surface area contributed by atoms with Gasteiger partial charge in [-0.05, 0) is 48.1 Å². The summed E-state index contributed by atoms with van der Waals surface area (Å²) >= 11 is 2.79. The van der Waals surface area contributed by atoms with Crippen LogP contribution >= 0.6 is 23.1 Å². The second-order valence-corrected chi connectivity index (χ2v) is 9.37. The molecule has 1 aromatic heterocycles. The van der Waals surface area contributed by atoms with Crippen LogP contribution < -0.4 is 5.32 Å². The Morgan fingerprint density at radius 3 is 2.54 bits per heavy atom. The van der Waals surface area contributed by atoms with Crippen molar-refractivity contribution < 1.29 is 14.4 Å². The van der Waals surface area contributed by atoms with Gasteiger partial charge in [0.1, 0.15) is 6.04 Å². The molecule has 3 aliphatic rings. The quantitative estimate of drug-likeness (QED) is 0.808. The van der Waals surface area contributed by atoms with Crippen LogP contribution in [-0.2, 0) is 14.4 Å². The van der Waals surface area contributed by atoms with Crippen molar-refractivity contribution in [2.75, 3.05) is 5.75 Å². The molecule has 7 heteroatoms. The van der Waals surface area contributed by atoms with Crippen molar-refractivity contribution in [3.8, 4) is 0 Å². The average molecular weight is 393 g/mol. The van der Waals surface area contributed by atoms with Gasteiger partial charge in [0.15, 0.2) is 5.12 Å². The van der Waals surface area contributed by atoms with E-state index in [-0.39, 0.29) is 34.9 Å². The third-order valence-electron chi connectivity index (χ3n) is 5.49. The van der Waals surface area contributed by atoms with Crippen molar-refractivity contribution in [3.63, 3.8) is 0 Å². The molecule has 0 aromatic carbocycles. The molecule has 26 heavy (non-hydrogen) atoms. The molecule has 1 N–H and O–H groups in total. The summed E-state index contributed by atoms with van der Waals surface area (Å²) in [6, 6.07) is 1.73. The summed E-state index contributed by atoms with van der Waals surface area (Å²) in [5.41, 5.74) is 0.891. The zero-order chi connectivity index (χ0) is 18.1. The fourth-order valence-corrected chi connectivity index (χ4v) is 5.62. The molecule has 140 valence electrons. The summed E-state index contributed by atoms with van der Waals surface area (Å²) in [4.78, 5) is 39.9. The molecule has 0 radical (unpaired) electrons. The fraction of sp³-hybridized carbons (Fsp3) is 0.632. The summed E-state index contributed by atoms with van der Waals surface area (Å²) < 4.78 is 0. The third kappa shape index (κ3) is 3.83. The van der Waals surface area contributed by atoms with E-state index in [1.165, 1.54) is 11.8 Å². The summed E-state index contributed by atoms with van der Waals surface area (Å²) in [5.74, 6) is 0.172. The zero-order valence-corrected chi connectivity index (χ0v) is 16.3. The smallest absolute Gasteiger partial charge is 0.247 e. The molecule has 3 fully saturated rings. The fourth-order valence-electron chi connectivity index (χ4n) is 3.97. The second-order valence-electron chi connectivity index (χ2n) is 7.51. The molecule has 1 aromatic rings. The van der Waals surface area contributed by atoms with Crippen LogP contribution in [0.4, 0.5) is 0 Å². The first-order valence-corrected chi connectivity index (χ1v) is 11.4. The number of nitrogens with zero attached hydrogens (tertiary/aromatic N) is 1. The number of amides is 2. The van der Waals surface area contributed by atoms with Gasteiger partial charge in [-0.2, -0.15) is 11.3 Å². The Morgan fingerprint density at radius 2 is 1.96 bits per heavy atom. The Morgan fingerprint density at radius 1 is 1.19 bits per heavy atom. The van der Waals surface area contributed by atoms with Crippen LogP contribution in [-0.4, -0.2) is 39.7 Å². The zero-order valence-electron chi connectivity index (χ0n) is 14.7. The van der Waals surface area contributed by atoms with Gasteiger partial charge in [-0.15, -0.1) is 0 Å². The van der Waals surface area contributed by atoms with E-state index < -0.39 is 6.04 Å². The van der Waals surface area contributed by atoms with Gasteiger partial charge in [0.25, 0.3) is 0 Å². The van der Waals surface area contributed by atoms with Gasteiger partial charge in [-0.25, -0.2) is 0 Å². The van der Waals surface area contributed by atoms with Crippen LogP contribution in [0.2, 0.25) is 0 Å². The molecular weight excluding hydrogens is 368 g/mol. The van der Waals surface area contributed by atoms with Crippen molar-refractivity contribution in [1.82, 2.24) is 10.2 Å². The molecule has 1 aliphatic heterocycles. The molecule has 2 amide bonds. The molecule has 0 bridgehead atoms. The van der Waals surface area contributed by atoms with Crippen molar-refractivity contribution in [3.05, 3.63) is 22.4 Å². The first-order chi connectivity index (χ1) is 12.6. The van der Waals surface area contributed by atoms with E-state index in [9.17, 15) is 14.4 Å². The molecular formula is C19H24N2O3S2. The maximum atomic E-state index is 13.2. The minimum Gasteiger partial charge on any atom is -0.351 e. The molecule has 1 saturated heterocycles. The second kappa shape index (κ2) is 7.72. The number of rotatable bonds is 6. The van der Waals surface area contributed by atoms with Crippen LogP contribution in [0, 0.1) is 5.92 Å². The van der Waals surface area contributed by atoms with Gasteiger partial charge >= 0.3 is 0 Å². The number of carbonyl (C=O) groups excluding carboxylic acids is 3. The van der Waals surface area contributed by atoms with E-state index >= 15 is 0 Å². The average Bonchev–Trinajstić information content (AvgIpc) is 3.04. The van der Waals surface area contributed by atoms with Crippen LogP contribution in [0.25, 0.3) is 0 Å². The number of nitrogens with one attached hydrogen (secondary N) is 1. The van der Waals surface area contributed by atoms with E-state index in [0.29, 0.717) is 12.2 Å². The van der Waals surface area contributed by atoms with Gasteiger partial charge in [-0.3, -0.25) is 14.4 Å². The Bertz CT molecular complexity index is 681. The molecule has 4 rings (SSSR count). The lowest BCUT2D eigenvalue weighted by Gasteiger charge is -2.33. The number of thioether (sulfide) groups is 1. The Hall–Kier alpha value is -1.34. The molecule has 2 heterocycles. The minimum absolute atomic E-state index is 0.0244. The highest BCUT2D eigenvalue weighted by molar-refractivity contribution is 8.14. The predicted molar refractivity (Wildman–Crippen MR) is 103 cm³/mol. The number of thiophene rings is 1. The lowest BCUT2D eigenvalue weighted by molar-refractivity contribution is -0.144. The Labute approximate surface area is 161 Å². The van der Waals surface area contributed by atoms with Crippen LogP contribution in [0.5, 0.6) is 0 Å². The monoisotopic (exact) mass is 392 g/mol. The molecule has 2 saturated carbocycles. The van der Waals surface area contributed by atoms with E-state index in [1.54, 1.807) is 16.2 Å². The third-order valence-corrected chi connectivity index (χ3v) is 7.25. The molecule has 0 spiro atoms. The van der Waals surface area contributed by atoms with Crippen molar-refractivity contribution in [2.45, 2.75) is 63.1 Å². The molecule has 2 aliphatic carbocycles. The topological polar surface area (TPSA) is 66.5 Å². The highest BCUT2D eigenvalue weighted by Gasteiger charge is 2.45. The lowest BCUT2D eigenvalue weighted by Crippen LogP contribution is -2.48. The standard InChI is InChI=1S/C19H24N2O3S2/c22-16-9-13(11-26-16)19(24)21(15-5-6-15)17(12-7-8-25-10-12)18(23)20-14-3-1-2-4-14/h7-8,10,13-15,17H,1-6,9,11H2,(H,20,23)/t13-,17+/m0/s1. The maximum absolute atomic E-state index is 13.2. The normalized spacial score (nSPS) is 24.6. The van der Waals surface area contributed by atoms with E-state index in [0.717, 1.165) is 44.1 Å². The van der Waals surface area contributed by atoms with E-state index in [4.69, 9.17) is 0 Å². The van der Waals surface area contributed by atoms with Crippen molar-refractivity contribution >= 4 is 40.0 Å². The molecule has 0 unspecified atom stereocenters. The number of carbonyl (C=O) groups is 3. The first kappa shape index (κ1) is 18.0. The summed E-state index contributed by atoms with van der Waals surface area (Å²) in [6.45, 7) is 0. The lowest BCUT2D eigenvalue weighted by atomic mass is 10.0. The van der Waals surface area contributed by atoms with Crippen LogP contribution in [0.15, 0.2) is 16.8 Å². The SMILES string of the molecule is O=C1C[C@H](C(=O)N(C2CC2)[C@@H](C(=O)NC2CCCC2)c2ccsc2)CS1. The van der Waals surface area contributed by atoms with E-state index in [1.807, 2.05) is 16.8 Å². The molecule has 5 nitrogen and oxygen atoms in total. The Balaban J connectivity index is 1.58. The van der Waals surface area contributed by atoms with Crippen LogP contribution in [0.1, 0.15) is 56.6 Å². The first-order valence-electron chi connectivity index (χ1n) is 9.44. The minimum atomic E-state index is -0.567. The number of hydrogen-bond donors (Lipinski definition) is 1. The van der Waals surface area contributed by atoms with E-state index in [2.05, 4.69) is 5.32 Å².